The van der Waals surface area contributed by atoms with Gasteiger partial charge in [-0.05, 0) is 87.1 Å². The van der Waals surface area contributed by atoms with E-state index in [2.05, 4.69) is 42.8 Å². The molecule has 0 bridgehead atoms. The molecule has 4 aromatic carbocycles. The van der Waals surface area contributed by atoms with Crippen molar-refractivity contribution in [3.8, 4) is 0 Å². The second kappa shape index (κ2) is 31.2. The number of hydrogen-bond acceptors (Lipinski definition) is 18. The summed E-state index contributed by atoms with van der Waals surface area (Å²) >= 11 is 3.22. The first-order valence-electron chi connectivity index (χ1n) is 29.6. The molecule has 480 valence electrons. The predicted octanol–water partition coefficient (Wildman–Crippen LogP) is 10.1. The normalized spacial score (nSPS) is 16.3. The Morgan fingerprint density at radius 3 is 1.45 bits per heavy atom. The molecule has 6 heterocycles. The Labute approximate surface area is 536 Å². The summed E-state index contributed by atoms with van der Waals surface area (Å²) in [7, 11) is -7.72. The van der Waals surface area contributed by atoms with Crippen molar-refractivity contribution >= 4 is 99.9 Å². The molecular formula is C65H72BrN9O14S2. The summed E-state index contributed by atoms with van der Waals surface area (Å²) < 4.78 is 75.2. The van der Waals surface area contributed by atoms with Crippen LogP contribution in [0.5, 0.6) is 0 Å². The van der Waals surface area contributed by atoms with Crippen molar-refractivity contribution < 1.29 is 64.6 Å². The van der Waals surface area contributed by atoms with Gasteiger partial charge in [0, 0.05) is 50.4 Å². The van der Waals surface area contributed by atoms with Crippen LogP contribution < -0.4 is 4.90 Å². The van der Waals surface area contributed by atoms with Crippen LogP contribution in [0.4, 0.5) is 20.2 Å². The Bertz CT molecular complexity index is 4080. The summed E-state index contributed by atoms with van der Waals surface area (Å²) in [6.07, 6.45) is 5.29. The number of alkyl halides is 1. The van der Waals surface area contributed by atoms with Gasteiger partial charge in [0.1, 0.15) is 30.0 Å². The molecule has 2 fully saturated rings. The zero-order valence-electron chi connectivity index (χ0n) is 51.3. The van der Waals surface area contributed by atoms with Crippen LogP contribution in [0.1, 0.15) is 68.5 Å². The smallest absolute Gasteiger partial charge is 0.415 e. The first-order chi connectivity index (χ1) is 43.7. The van der Waals surface area contributed by atoms with E-state index in [0.717, 1.165) is 41.5 Å². The summed E-state index contributed by atoms with van der Waals surface area (Å²) in [5.41, 5.74) is 5.04. The summed E-state index contributed by atoms with van der Waals surface area (Å²) in [5.74, 6) is -0.963. The highest BCUT2D eigenvalue weighted by Gasteiger charge is 2.41. The van der Waals surface area contributed by atoms with Gasteiger partial charge in [-0.1, -0.05) is 139 Å². The van der Waals surface area contributed by atoms with Crippen LogP contribution in [-0.2, 0) is 73.0 Å². The highest BCUT2D eigenvalue weighted by molar-refractivity contribution is 9.09. The number of nitrogens with zero attached hydrogens (tertiary/aromatic N) is 9. The number of anilines is 1. The van der Waals surface area contributed by atoms with Crippen LogP contribution in [0.25, 0.3) is 22.3 Å². The number of ketones is 2. The average molecular weight is 1350 g/mol. The SMILES string of the molecule is CCOC(=O)Cc1cnc2c(ccn2S(=O)(=O)c2ccc(C)cc2)n1.CCOC(=O)N(CC(=O)[C@H]1CN(C(=O)OCc2ccccc2)C[C@H]1CC)c1cnc2c(ccn2S(=O)(=O)c2ccc(C)cc2)n1.CC[C@@H]1CN(C(=O)OCc2ccccc2)C[C@@H]1C(=O)CBr. The quantitative estimate of drug-likeness (QED) is 0.0389. The third-order valence-corrected chi connectivity index (χ3v) is 19.3. The zero-order chi connectivity index (χ0) is 65.4. The molecule has 0 spiro atoms. The Kier molecular flexibility index (Phi) is 23.4. The highest BCUT2D eigenvalue weighted by atomic mass is 79.9. The standard InChI is InChI=1S/C32H35N5O7S.C17H17N3O4S.C16H20BrNO3/c1-4-24-18-35(31(39)44-21-23-9-7-6-8-10-23)19-26(24)28(38)20-36(32(40)43-5-2)29-17-33-30-27(34-29)15-16-37(30)45(41,42)25-13-11-22(3)12-14-25;1-3-24-16(21)10-13-11-18-17-15(19-13)8-9-20(17)25(22,23)14-6-4-12(2)5-7-14;1-2-13-9-18(10-14(13)15(19)8-17)16(20)21-11-12-6-4-3-5-7-12/h6-17,24,26H,4-5,18-21H2,1-3H3;4-9,11H,3,10H2,1-2H3;3-7,13-14H,2,8-11H2,1H3/t24-,26+;;13-,14+/m1.1/s1. The summed E-state index contributed by atoms with van der Waals surface area (Å²) in [5, 5.41) is 0.348. The van der Waals surface area contributed by atoms with Crippen LogP contribution in [0, 0.1) is 37.5 Å². The molecule has 10 rings (SSSR count). The van der Waals surface area contributed by atoms with E-state index in [1.165, 1.54) is 47.9 Å². The fourth-order valence-corrected chi connectivity index (χ4v) is 13.5. The second-order valence-corrected chi connectivity index (χ2v) is 25.8. The predicted molar refractivity (Wildman–Crippen MR) is 342 cm³/mol. The van der Waals surface area contributed by atoms with Crippen LogP contribution in [0.3, 0.4) is 0 Å². The van der Waals surface area contributed by atoms with Crippen LogP contribution in [0.15, 0.2) is 156 Å². The largest absolute Gasteiger partial charge is 0.466 e. The average Bonchev–Trinajstić information content (AvgIpc) is 2.23. The van der Waals surface area contributed by atoms with Gasteiger partial charge in [-0.15, -0.1) is 0 Å². The van der Waals surface area contributed by atoms with E-state index in [1.54, 1.807) is 61.2 Å². The molecule has 4 aromatic heterocycles. The van der Waals surface area contributed by atoms with Crippen molar-refractivity contribution in [1.29, 1.82) is 0 Å². The van der Waals surface area contributed by atoms with Crippen LogP contribution >= 0.6 is 15.9 Å². The van der Waals surface area contributed by atoms with E-state index in [4.69, 9.17) is 18.9 Å². The van der Waals surface area contributed by atoms with Crippen LogP contribution in [0.2, 0.25) is 0 Å². The van der Waals surface area contributed by atoms with Gasteiger partial charge in [0.05, 0.1) is 59.4 Å². The van der Waals surface area contributed by atoms with Crippen molar-refractivity contribution in [2.24, 2.45) is 23.7 Å². The Balaban J connectivity index is 0.000000195. The lowest BCUT2D eigenvalue weighted by molar-refractivity contribution is -0.142. The molecule has 23 nitrogen and oxygen atoms in total. The fraction of sp³-hybridized carbons (Fsp3) is 0.354. The third-order valence-electron chi connectivity index (χ3n) is 15.4. The van der Waals surface area contributed by atoms with Gasteiger partial charge in [0.25, 0.3) is 20.0 Å². The molecule has 2 aliphatic heterocycles. The van der Waals surface area contributed by atoms with Gasteiger partial charge in [-0.25, -0.2) is 59.1 Å². The number of ether oxygens (including phenoxy) is 4. The molecule has 2 saturated heterocycles. The molecule has 26 heteroatoms. The number of esters is 1. The molecule has 0 unspecified atom stereocenters. The van der Waals surface area contributed by atoms with Crippen molar-refractivity contribution in [1.82, 2.24) is 37.7 Å². The molecule has 91 heavy (non-hydrogen) atoms. The maximum absolute atomic E-state index is 13.7. The Morgan fingerprint density at radius 2 is 1.00 bits per heavy atom. The van der Waals surface area contributed by atoms with E-state index in [0.29, 0.717) is 49.2 Å². The number of hydrogen-bond donors (Lipinski definition) is 0. The number of fused-ring (bicyclic) bond motifs is 2. The molecule has 8 aromatic rings. The van der Waals surface area contributed by atoms with Gasteiger partial charge in [-0.3, -0.25) is 19.3 Å². The lowest BCUT2D eigenvalue weighted by atomic mass is 9.90. The van der Waals surface area contributed by atoms with Crippen molar-refractivity contribution in [2.45, 2.75) is 83.8 Å². The highest BCUT2D eigenvalue weighted by Crippen LogP contribution is 2.31. The van der Waals surface area contributed by atoms with Gasteiger partial charge < -0.3 is 28.7 Å². The molecule has 4 atom stereocenters. The lowest BCUT2D eigenvalue weighted by Crippen LogP contribution is -2.41. The minimum Gasteiger partial charge on any atom is -0.466 e. The molecule has 0 saturated carbocycles. The molecule has 0 radical (unpaired) electrons. The van der Waals surface area contributed by atoms with E-state index in [-0.39, 0.29) is 107 Å². The molecule has 0 aliphatic carbocycles. The van der Waals surface area contributed by atoms with Gasteiger partial charge >= 0.3 is 24.2 Å². The first kappa shape index (κ1) is 68.0. The number of carbonyl (C=O) groups is 6. The maximum Gasteiger partial charge on any atom is 0.415 e. The summed E-state index contributed by atoms with van der Waals surface area (Å²) in [6, 6.07) is 35.0. The number of amides is 3. The minimum atomic E-state index is -3.96. The zero-order valence-corrected chi connectivity index (χ0v) is 54.5. The Morgan fingerprint density at radius 1 is 0.549 bits per heavy atom. The number of carbonyl (C=O) groups excluding carboxylic acids is 6. The molecule has 2 aliphatic rings. The molecular weight excluding hydrogens is 1270 g/mol. The number of likely N-dealkylation sites (tertiary alicyclic amines) is 2. The number of rotatable bonds is 20. The lowest BCUT2D eigenvalue weighted by Gasteiger charge is -2.23. The summed E-state index contributed by atoms with van der Waals surface area (Å²) in [4.78, 5) is 96.9. The van der Waals surface area contributed by atoms with Crippen LogP contribution in [-0.4, -0.2) is 142 Å². The fourth-order valence-electron chi connectivity index (χ4n) is 10.4. The monoisotopic (exact) mass is 1350 g/mol. The third kappa shape index (κ3) is 16.9. The number of aryl methyl sites for hydroxylation is 2. The number of aromatic nitrogens is 6. The summed E-state index contributed by atoms with van der Waals surface area (Å²) in [6.45, 7) is 13.1. The van der Waals surface area contributed by atoms with E-state index in [1.807, 2.05) is 81.4 Å². The van der Waals surface area contributed by atoms with Gasteiger partial charge in [0.15, 0.2) is 22.9 Å². The van der Waals surface area contributed by atoms with E-state index >= 15 is 0 Å². The van der Waals surface area contributed by atoms with Crippen molar-refractivity contribution in [3.05, 3.63) is 174 Å². The first-order valence-corrected chi connectivity index (χ1v) is 33.6. The maximum atomic E-state index is 13.7. The number of halogens is 1. The molecule has 0 N–H and O–H groups in total. The van der Waals surface area contributed by atoms with Crippen molar-refractivity contribution in [2.75, 3.05) is 56.2 Å². The number of Topliss-reactive ketones (excluding diaryl/α,β-unsaturated/α-hetero) is 2. The molecule has 3 amide bonds. The second-order valence-electron chi connectivity index (χ2n) is 21.6. The van der Waals surface area contributed by atoms with E-state index < -0.39 is 44.1 Å². The Hall–Kier alpha value is -8.88. The van der Waals surface area contributed by atoms with Gasteiger partial charge in [0.2, 0.25) is 0 Å². The van der Waals surface area contributed by atoms with Crippen molar-refractivity contribution in [3.63, 3.8) is 0 Å². The minimum absolute atomic E-state index is 0.00727. The van der Waals surface area contributed by atoms with E-state index in [9.17, 15) is 45.6 Å². The number of benzene rings is 4. The van der Waals surface area contributed by atoms with Gasteiger partial charge in [-0.2, -0.15) is 0 Å². The topological polar surface area (TPSA) is 279 Å².